The molecule has 2 aliphatic carbocycles. The topological polar surface area (TPSA) is 74.6 Å². The van der Waals surface area contributed by atoms with E-state index in [1.54, 1.807) is 24.3 Å². The maximum absolute atomic E-state index is 12.3. The molecule has 3 rings (SSSR count). The SMILES string of the molecule is O=C1c2c(O)ccc(O)c2C(=O)C2C=CC=CC12. The van der Waals surface area contributed by atoms with Gasteiger partial charge < -0.3 is 10.2 Å². The van der Waals surface area contributed by atoms with Crippen molar-refractivity contribution in [3.8, 4) is 11.5 Å². The molecule has 0 bridgehead atoms. The molecule has 0 amide bonds. The first-order chi connectivity index (χ1) is 8.61. The van der Waals surface area contributed by atoms with E-state index in [1.165, 1.54) is 12.1 Å². The molecule has 18 heavy (non-hydrogen) atoms. The quantitative estimate of drug-likeness (QED) is 0.681. The lowest BCUT2D eigenvalue weighted by Crippen LogP contribution is -2.35. The van der Waals surface area contributed by atoms with Gasteiger partial charge in [0.15, 0.2) is 11.6 Å². The second-order valence-electron chi connectivity index (χ2n) is 4.40. The van der Waals surface area contributed by atoms with Crippen LogP contribution in [0.3, 0.4) is 0 Å². The molecule has 90 valence electrons. The molecule has 2 atom stereocenters. The van der Waals surface area contributed by atoms with Gasteiger partial charge in [-0.15, -0.1) is 0 Å². The molecule has 2 unspecified atom stereocenters. The Morgan fingerprint density at radius 2 is 1.17 bits per heavy atom. The smallest absolute Gasteiger partial charge is 0.175 e. The van der Waals surface area contributed by atoms with Crippen molar-refractivity contribution in [3.05, 3.63) is 47.6 Å². The van der Waals surface area contributed by atoms with E-state index in [-0.39, 0.29) is 34.2 Å². The molecule has 0 radical (unpaired) electrons. The summed E-state index contributed by atoms with van der Waals surface area (Å²) in [6.45, 7) is 0. The number of phenols is 2. The number of hydrogen-bond acceptors (Lipinski definition) is 4. The standard InChI is InChI=1S/C14H10O4/c15-9-5-6-10(16)12-11(9)13(17)7-3-1-2-4-8(7)14(12)18/h1-8,15-16H. The van der Waals surface area contributed by atoms with Crippen molar-refractivity contribution in [2.24, 2.45) is 11.8 Å². The molecule has 0 spiro atoms. The molecule has 0 aromatic heterocycles. The van der Waals surface area contributed by atoms with Crippen LogP contribution in [-0.4, -0.2) is 21.8 Å². The second kappa shape index (κ2) is 3.57. The Morgan fingerprint density at radius 1 is 0.778 bits per heavy atom. The largest absolute Gasteiger partial charge is 0.507 e. The third-order valence-corrected chi connectivity index (χ3v) is 3.39. The number of allylic oxidation sites excluding steroid dienone is 4. The van der Waals surface area contributed by atoms with Gasteiger partial charge in [0.2, 0.25) is 0 Å². The second-order valence-corrected chi connectivity index (χ2v) is 4.40. The molecule has 4 nitrogen and oxygen atoms in total. The predicted molar refractivity (Wildman–Crippen MR) is 63.7 cm³/mol. The number of benzene rings is 1. The van der Waals surface area contributed by atoms with E-state index < -0.39 is 11.8 Å². The highest BCUT2D eigenvalue weighted by molar-refractivity contribution is 6.19. The van der Waals surface area contributed by atoms with Crippen LogP contribution in [0.5, 0.6) is 11.5 Å². The highest BCUT2D eigenvalue weighted by Gasteiger charge is 2.42. The monoisotopic (exact) mass is 242 g/mol. The Labute approximate surface area is 103 Å². The number of ketones is 2. The van der Waals surface area contributed by atoms with Gasteiger partial charge in [-0.1, -0.05) is 24.3 Å². The van der Waals surface area contributed by atoms with Gasteiger partial charge in [-0.25, -0.2) is 0 Å². The molecule has 0 saturated carbocycles. The minimum Gasteiger partial charge on any atom is -0.507 e. The Kier molecular flexibility index (Phi) is 2.13. The van der Waals surface area contributed by atoms with Crippen LogP contribution in [0.4, 0.5) is 0 Å². The molecule has 0 aliphatic heterocycles. The van der Waals surface area contributed by atoms with Crippen molar-refractivity contribution in [1.29, 1.82) is 0 Å². The molecule has 2 aliphatic rings. The summed E-state index contributed by atoms with van der Waals surface area (Å²) in [4.78, 5) is 24.5. The van der Waals surface area contributed by atoms with Crippen molar-refractivity contribution in [3.63, 3.8) is 0 Å². The fourth-order valence-electron chi connectivity index (χ4n) is 2.52. The van der Waals surface area contributed by atoms with Gasteiger partial charge in [-0.05, 0) is 12.1 Å². The van der Waals surface area contributed by atoms with Crippen LogP contribution in [0.25, 0.3) is 0 Å². The van der Waals surface area contributed by atoms with Gasteiger partial charge in [-0.2, -0.15) is 0 Å². The molecule has 2 N–H and O–H groups in total. The molecule has 1 aromatic carbocycles. The van der Waals surface area contributed by atoms with Gasteiger partial charge in [0.05, 0.1) is 23.0 Å². The van der Waals surface area contributed by atoms with Crippen LogP contribution in [0.15, 0.2) is 36.4 Å². The summed E-state index contributed by atoms with van der Waals surface area (Å²) in [6.07, 6.45) is 6.71. The van der Waals surface area contributed by atoms with E-state index in [0.717, 1.165) is 0 Å². The minimum atomic E-state index is -0.581. The number of phenolic OH excluding ortho intramolecular Hbond substituents is 2. The van der Waals surface area contributed by atoms with Gasteiger partial charge in [0.1, 0.15) is 11.5 Å². The zero-order valence-corrected chi connectivity index (χ0v) is 9.33. The maximum atomic E-state index is 12.3. The molecular weight excluding hydrogens is 232 g/mol. The molecule has 0 heterocycles. The van der Waals surface area contributed by atoms with Crippen LogP contribution in [0.1, 0.15) is 20.7 Å². The maximum Gasteiger partial charge on any atom is 0.175 e. The minimum absolute atomic E-state index is 0.0683. The summed E-state index contributed by atoms with van der Waals surface area (Å²) in [7, 11) is 0. The van der Waals surface area contributed by atoms with Crippen molar-refractivity contribution >= 4 is 11.6 Å². The number of Topliss-reactive ketones (excluding diaryl/α,β-unsaturated/α-hetero) is 2. The number of fused-ring (bicyclic) bond motifs is 2. The Morgan fingerprint density at radius 3 is 1.56 bits per heavy atom. The lowest BCUT2D eigenvalue weighted by Gasteiger charge is -2.28. The van der Waals surface area contributed by atoms with Crippen molar-refractivity contribution in [2.45, 2.75) is 0 Å². The number of carbonyl (C=O) groups is 2. The van der Waals surface area contributed by atoms with E-state index in [0.29, 0.717) is 0 Å². The average Bonchev–Trinajstić information content (AvgIpc) is 2.38. The first kappa shape index (κ1) is 10.8. The normalized spacial score (nSPS) is 24.9. The van der Waals surface area contributed by atoms with E-state index in [4.69, 9.17) is 0 Å². The van der Waals surface area contributed by atoms with Crippen molar-refractivity contribution in [1.82, 2.24) is 0 Å². The van der Waals surface area contributed by atoms with E-state index in [1.807, 2.05) is 0 Å². The average molecular weight is 242 g/mol. The Bertz CT molecular complexity index is 570. The van der Waals surface area contributed by atoms with Gasteiger partial charge >= 0.3 is 0 Å². The molecule has 1 aromatic rings. The predicted octanol–water partition coefficient (Wildman–Crippen LogP) is 1.84. The van der Waals surface area contributed by atoms with Gasteiger partial charge in [0.25, 0.3) is 0 Å². The number of carbonyl (C=O) groups excluding carboxylic acids is 2. The molecular formula is C14H10O4. The fourth-order valence-corrected chi connectivity index (χ4v) is 2.52. The zero-order chi connectivity index (χ0) is 12.9. The number of hydrogen-bond donors (Lipinski definition) is 2. The van der Waals surface area contributed by atoms with E-state index >= 15 is 0 Å². The molecule has 0 saturated heterocycles. The zero-order valence-electron chi connectivity index (χ0n) is 9.33. The van der Waals surface area contributed by atoms with Gasteiger partial charge in [-0.3, -0.25) is 9.59 Å². The summed E-state index contributed by atoms with van der Waals surface area (Å²) >= 11 is 0. The summed E-state index contributed by atoms with van der Waals surface area (Å²) in [5, 5.41) is 19.5. The van der Waals surface area contributed by atoms with Crippen LogP contribution in [-0.2, 0) is 0 Å². The van der Waals surface area contributed by atoms with Crippen LogP contribution in [0.2, 0.25) is 0 Å². The summed E-state index contributed by atoms with van der Waals surface area (Å²) < 4.78 is 0. The highest BCUT2D eigenvalue weighted by Crippen LogP contribution is 2.41. The third-order valence-electron chi connectivity index (χ3n) is 3.39. The number of rotatable bonds is 0. The van der Waals surface area contributed by atoms with E-state index in [2.05, 4.69) is 0 Å². The lowest BCUT2D eigenvalue weighted by molar-refractivity contribution is 0.0796. The number of aromatic hydroxyl groups is 2. The fraction of sp³-hybridized carbons (Fsp3) is 0.143. The molecule has 4 heteroatoms. The van der Waals surface area contributed by atoms with Crippen LogP contribution < -0.4 is 0 Å². The van der Waals surface area contributed by atoms with Gasteiger partial charge in [0, 0.05) is 0 Å². The van der Waals surface area contributed by atoms with Crippen molar-refractivity contribution in [2.75, 3.05) is 0 Å². The van der Waals surface area contributed by atoms with E-state index in [9.17, 15) is 19.8 Å². The van der Waals surface area contributed by atoms with Crippen LogP contribution in [0, 0.1) is 11.8 Å². The van der Waals surface area contributed by atoms with Crippen molar-refractivity contribution < 1.29 is 19.8 Å². The molecule has 0 fully saturated rings. The Balaban J connectivity index is 2.30. The summed E-state index contributed by atoms with van der Waals surface area (Å²) in [5.74, 6) is -2.34. The van der Waals surface area contributed by atoms with Crippen LogP contribution >= 0.6 is 0 Å². The summed E-state index contributed by atoms with van der Waals surface area (Å²) in [5.41, 5.74) is -0.137. The Hall–Kier alpha value is -2.36. The first-order valence-corrected chi connectivity index (χ1v) is 5.59. The first-order valence-electron chi connectivity index (χ1n) is 5.59. The lowest BCUT2D eigenvalue weighted by atomic mass is 9.72. The summed E-state index contributed by atoms with van der Waals surface area (Å²) in [6, 6.07) is 2.45. The highest BCUT2D eigenvalue weighted by atomic mass is 16.3. The third kappa shape index (κ3) is 1.26.